The molecule has 0 radical (unpaired) electrons. The molecule has 2 aromatic rings. The first-order valence-corrected chi connectivity index (χ1v) is 5.78. The molecule has 4 heteroatoms. The van der Waals surface area contributed by atoms with Crippen molar-refractivity contribution in [2.45, 2.75) is 33.4 Å². The summed E-state index contributed by atoms with van der Waals surface area (Å²) in [6.07, 6.45) is 0. The quantitative estimate of drug-likeness (QED) is 0.812. The summed E-state index contributed by atoms with van der Waals surface area (Å²) in [5.41, 5.74) is 1.59. The maximum Gasteiger partial charge on any atom is 0.329 e. The number of para-hydroxylation sites is 2. The van der Waals surface area contributed by atoms with Crippen LogP contribution in [-0.2, 0) is 11.3 Å². The van der Waals surface area contributed by atoms with E-state index in [1.54, 1.807) is 16.1 Å². The Bertz CT molecular complexity index is 622. The maximum absolute atomic E-state index is 12.2. The average molecular weight is 232 g/mol. The van der Waals surface area contributed by atoms with Gasteiger partial charge in [-0.05, 0) is 32.9 Å². The minimum absolute atomic E-state index is 0.00824. The van der Waals surface area contributed by atoms with Crippen molar-refractivity contribution in [1.29, 1.82) is 0 Å². The highest BCUT2D eigenvalue weighted by atomic mass is 16.2. The highest BCUT2D eigenvalue weighted by Crippen LogP contribution is 2.17. The van der Waals surface area contributed by atoms with Gasteiger partial charge < -0.3 is 0 Å². The van der Waals surface area contributed by atoms with Crippen molar-refractivity contribution in [1.82, 2.24) is 9.13 Å². The summed E-state index contributed by atoms with van der Waals surface area (Å²) in [5, 5.41) is 0. The number of nitrogens with zero attached hydrogens (tertiary/aromatic N) is 2. The molecule has 1 unspecified atom stereocenters. The molecule has 17 heavy (non-hydrogen) atoms. The van der Waals surface area contributed by atoms with Gasteiger partial charge >= 0.3 is 5.69 Å². The summed E-state index contributed by atoms with van der Waals surface area (Å²) < 4.78 is 3.26. The van der Waals surface area contributed by atoms with Gasteiger partial charge in [0.05, 0.1) is 17.1 Å². The van der Waals surface area contributed by atoms with Gasteiger partial charge in [-0.25, -0.2) is 4.79 Å². The van der Waals surface area contributed by atoms with Crippen molar-refractivity contribution in [2.24, 2.45) is 0 Å². The Hall–Kier alpha value is -1.84. The number of carbonyl (C=O) groups is 1. The summed E-state index contributed by atoms with van der Waals surface area (Å²) in [6, 6.07) is 7.15. The summed E-state index contributed by atoms with van der Waals surface area (Å²) >= 11 is 0. The molecule has 0 N–H and O–H groups in total. The number of benzene rings is 1. The van der Waals surface area contributed by atoms with Gasteiger partial charge in [0.1, 0.15) is 0 Å². The molecule has 0 bridgehead atoms. The van der Waals surface area contributed by atoms with E-state index < -0.39 is 6.04 Å². The number of aryl methyl sites for hydroxylation is 1. The van der Waals surface area contributed by atoms with Crippen molar-refractivity contribution >= 4 is 16.8 Å². The third-order valence-electron chi connectivity index (χ3n) is 3.16. The van der Waals surface area contributed by atoms with Crippen LogP contribution in [0.3, 0.4) is 0 Å². The molecular weight excluding hydrogens is 216 g/mol. The van der Waals surface area contributed by atoms with Crippen molar-refractivity contribution < 1.29 is 4.79 Å². The van der Waals surface area contributed by atoms with Crippen LogP contribution in [0.25, 0.3) is 11.0 Å². The zero-order valence-electron chi connectivity index (χ0n) is 10.3. The fraction of sp³-hybridized carbons (Fsp3) is 0.385. The lowest BCUT2D eigenvalue weighted by atomic mass is 10.2. The zero-order valence-corrected chi connectivity index (χ0v) is 10.3. The number of imidazole rings is 1. The second kappa shape index (κ2) is 4.20. The van der Waals surface area contributed by atoms with Crippen LogP contribution in [0.4, 0.5) is 0 Å². The fourth-order valence-corrected chi connectivity index (χ4v) is 2.09. The third kappa shape index (κ3) is 1.69. The molecule has 1 aromatic carbocycles. The van der Waals surface area contributed by atoms with E-state index in [1.807, 2.05) is 31.2 Å². The van der Waals surface area contributed by atoms with E-state index >= 15 is 0 Å². The van der Waals surface area contributed by atoms with Crippen LogP contribution in [0, 0.1) is 0 Å². The number of hydrogen-bond donors (Lipinski definition) is 0. The van der Waals surface area contributed by atoms with Gasteiger partial charge in [-0.1, -0.05) is 12.1 Å². The topological polar surface area (TPSA) is 44.0 Å². The Morgan fingerprint density at radius 1 is 1.29 bits per heavy atom. The van der Waals surface area contributed by atoms with Gasteiger partial charge in [-0.15, -0.1) is 0 Å². The van der Waals surface area contributed by atoms with Crippen LogP contribution >= 0.6 is 0 Å². The van der Waals surface area contributed by atoms with Gasteiger partial charge in [0.15, 0.2) is 5.78 Å². The Balaban J connectivity index is 2.83. The molecule has 0 saturated heterocycles. The maximum atomic E-state index is 12.2. The molecule has 1 atom stereocenters. The number of hydrogen-bond acceptors (Lipinski definition) is 2. The lowest BCUT2D eigenvalue weighted by Crippen LogP contribution is -2.28. The molecule has 90 valence electrons. The standard InChI is InChI=1S/C13H16N2O2/c1-4-14-11-7-5-6-8-12(11)15(13(14)17)9(2)10(3)16/h5-9H,4H2,1-3H3. The lowest BCUT2D eigenvalue weighted by molar-refractivity contribution is -0.119. The lowest BCUT2D eigenvalue weighted by Gasteiger charge is -2.09. The van der Waals surface area contributed by atoms with E-state index in [1.165, 1.54) is 6.92 Å². The number of Topliss-reactive ketones (excluding diaryl/α,β-unsaturated/α-hetero) is 1. The Labute approximate surface area is 99.5 Å². The Morgan fingerprint density at radius 3 is 2.41 bits per heavy atom. The molecule has 0 spiro atoms. The molecule has 1 aromatic heterocycles. The molecular formula is C13H16N2O2. The normalized spacial score (nSPS) is 12.9. The first kappa shape index (κ1) is 11.6. The number of ketones is 1. The second-order valence-corrected chi connectivity index (χ2v) is 4.17. The van der Waals surface area contributed by atoms with Crippen LogP contribution in [-0.4, -0.2) is 14.9 Å². The van der Waals surface area contributed by atoms with E-state index in [2.05, 4.69) is 0 Å². The van der Waals surface area contributed by atoms with E-state index in [4.69, 9.17) is 0 Å². The van der Waals surface area contributed by atoms with E-state index in [0.29, 0.717) is 6.54 Å². The van der Waals surface area contributed by atoms with Crippen molar-refractivity contribution in [3.63, 3.8) is 0 Å². The van der Waals surface area contributed by atoms with E-state index in [9.17, 15) is 9.59 Å². The summed E-state index contributed by atoms with van der Waals surface area (Å²) in [6.45, 7) is 5.80. The predicted molar refractivity (Wildman–Crippen MR) is 67.3 cm³/mol. The third-order valence-corrected chi connectivity index (χ3v) is 3.16. The smallest absolute Gasteiger partial charge is 0.298 e. The van der Waals surface area contributed by atoms with Gasteiger partial charge in [0.25, 0.3) is 0 Å². The van der Waals surface area contributed by atoms with Crippen molar-refractivity contribution in [3.8, 4) is 0 Å². The molecule has 1 heterocycles. The predicted octanol–water partition coefficient (Wildman–Crippen LogP) is 1.97. The molecule has 0 saturated carbocycles. The number of rotatable bonds is 3. The summed E-state index contributed by atoms with van der Waals surface area (Å²) in [7, 11) is 0. The highest BCUT2D eigenvalue weighted by Gasteiger charge is 2.18. The molecule has 2 rings (SSSR count). The highest BCUT2D eigenvalue weighted by molar-refractivity contribution is 5.83. The van der Waals surface area contributed by atoms with E-state index in [-0.39, 0.29) is 11.5 Å². The van der Waals surface area contributed by atoms with E-state index in [0.717, 1.165) is 11.0 Å². The Kier molecular flexibility index (Phi) is 2.88. The minimum Gasteiger partial charge on any atom is -0.298 e. The largest absolute Gasteiger partial charge is 0.329 e. The number of aromatic nitrogens is 2. The minimum atomic E-state index is -0.416. The molecule has 4 nitrogen and oxygen atoms in total. The van der Waals surface area contributed by atoms with Crippen LogP contribution in [0.15, 0.2) is 29.1 Å². The zero-order chi connectivity index (χ0) is 12.6. The van der Waals surface area contributed by atoms with Crippen molar-refractivity contribution in [2.75, 3.05) is 0 Å². The summed E-state index contributed by atoms with van der Waals surface area (Å²) in [5.74, 6) is -0.00824. The molecule has 0 fully saturated rings. The average Bonchev–Trinajstić information content (AvgIpc) is 2.59. The van der Waals surface area contributed by atoms with Gasteiger partial charge in [0, 0.05) is 6.54 Å². The van der Waals surface area contributed by atoms with Gasteiger partial charge in [0.2, 0.25) is 0 Å². The monoisotopic (exact) mass is 232 g/mol. The van der Waals surface area contributed by atoms with Gasteiger partial charge in [-0.2, -0.15) is 0 Å². The SMILES string of the molecule is CCn1c(=O)n(C(C)C(C)=O)c2ccccc21. The summed E-state index contributed by atoms with van der Waals surface area (Å²) in [4.78, 5) is 23.7. The van der Waals surface area contributed by atoms with Gasteiger partial charge in [-0.3, -0.25) is 13.9 Å². The van der Waals surface area contributed by atoms with Crippen LogP contribution < -0.4 is 5.69 Å². The molecule has 0 aliphatic heterocycles. The first-order chi connectivity index (χ1) is 8.07. The van der Waals surface area contributed by atoms with Crippen LogP contribution in [0.1, 0.15) is 26.8 Å². The molecule has 0 amide bonds. The number of carbonyl (C=O) groups excluding carboxylic acids is 1. The first-order valence-electron chi connectivity index (χ1n) is 5.78. The van der Waals surface area contributed by atoms with Crippen LogP contribution in [0.2, 0.25) is 0 Å². The molecule has 0 aliphatic carbocycles. The Morgan fingerprint density at radius 2 is 1.88 bits per heavy atom. The molecule has 0 aliphatic rings. The number of fused-ring (bicyclic) bond motifs is 1. The van der Waals surface area contributed by atoms with Crippen molar-refractivity contribution in [3.05, 3.63) is 34.7 Å². The van der Waals surface area contributed by atoms with Crippen LogP contribution in [0.5, 0.6) is 0 Å². The second-order valence-electron chi connectivity index (χ2n) is 4.17. The fourth-order valence-electron chi connectivity index (χ4n) is 2.09.